The normalized spacial score (nSPS) is 17.4. The van der Waals surface area contributed by atoms with Gasteiger partial charge in [-0.2, -0.15) is 17.6 Å². The van der Waals surface area contributed by atoms with Gasteiger partial charge < -0.3 is 19.9 Å². The van der Waals surface area contributed by atoms with Gasteiger partial charge in [0.25, 0.3) is 0 Å². The molecule has 1 aliphatic rings. The summed E-state index contributed by atoms with van der Waals surface area (Å²) < 4.78 is 5.21. The molecule has 1 aliphatic heterocycles. The Kier molecular flexibility index (Phi) is 7.66. The van der Waals surface area contributed by atoms with E-state index < -0.39 is 0 Å². The first kappa shape index (κ1) is 22.5. The molecule has 1 N–H and O–H groups in total. The van der Waals surface area contributed by atoms with Crippen molar-refractivity contribution in [3.05, 3.63) is 46.6 Å². The van der Waals surface area contributed by atoms with Gasteiger partial charge in [0.05, 0.1) is 12.5 Å². The Hall–Kier alpha value is -2.19. The largest absolute Gasteiger partial charge is 0.481 e. The number of methoxy groups -OCH3 is 1. The summed E-state index contributed by atoms with van der Waals surface area (Å²) in [6.45, 7) is 3.99. The van der Waals surface area contributed by atoms with E-state index in [0.29, 0.717) is 18.4 Å². The second-order valence-electron chi connectivity index (χ2n) is 7.51. The van der Waals surface area contributed by atoms with Crippen molar-refractivity contribution in [3.63, 3.8) is 0 Å². The maximum absolute atomic E-state index is 12.7. The molecule has 162 valence electrons. The third kappa shape index (κ3) is 5.49. The second kappa shape index (κ2) is 10.2. The molecule has 2 atom stereocenters. The van der Waals surface area contributed by atoms with E-state index in [1.807, 2.05) is 25.1 Å². The highest BCUT2D eigenvalue weighted by Crippen LogP contribution is 2.27. The standard InChI is InChI=1S/C21H28ClN5O2S/c1-14-11-15(6-7-17(14)22)12-24-21(28)26(2)19(30)16-5-4-10-27(13-16)20-23-9-8-18(25-20)29-3/h6-9,11,16,19,30H,4-5,10,12-13H2,1-3H3,(H,24,28). The lowest BCUT2D eigenvalue weighted by Crippen LogP contribution is -2.49. The molecule has 3 rings (SSSR count). The lowest BCUT2D eigenvalue weighted by atomic mass is 9.97. The first-order chi connectivity index (χ1) is 14.4. The number of anilines is 1. The topological polar surface area (TPSA) is 70.6 Å². The number of piperidine rings is 1. The molecule has 1 aromatic carbocycles. The van der Waals surface area contributed by atoms with Crippen molar-refractivity contribution in [2.24, 2.45) is 5.92 Å². The highest BCUT2D eigenvalue weighted by Gasteiger charge is 2.30. The summed E-state index contributed by atoms with van der Waals surface area (Å²) in [6, 6.07) is 7.32. The average Bonchev–Trinajstić information content (AvgIpc) is 2.78. The van der Waals surface area contributed by atoms with Crippen LogP contribution in [-0.4, -0.2) is 53.5 Å². The minimum absolute atomic E-state index is 0.155. The number of amides is 2. The predicted octanol–water partition coefficient (Wildman–Crippen LogP) is 3.76. The van der Waals surface area contributed by atoms with Crippen molar-refractivity contribution in [1.29, 1.82) is 0 Å². The van der Waals surface area contributed by atoms with Crippen LogP contribution in [0.4, 0.5) is 10.7 Å². The van der Waals surface area contributed by atoms with Gasteiger partial charge in [-0.3, -0.25) is 0 Å². The zero-order chi connectivity index (χ0) is 21.7. The second-order valence-corrected chi connectivity index (χ2v) is 8.45. The number of aryl methyl sites for hydroxylation is 1. The molecule has 0 spiro atoms. The summed E-state index contributed by atoms with van der Waals surface area (Å²) in [7, 11) is 3.37. The number of rotatable bonds is 6. The summed E-state index contributed by atoms with van der Waals surface area (Å²) in [5, 5.41) is 3.47. The van der Waals surface area contributed by atoms with E-state index in [-0.39, 0.29) is 17.3 Å². The monoisotopic (exact) mass is 449 g/mol. The van der Waals surface area contributed by atoms with Crippen LogP contribution in [0, 0.1) is 12.8 Å². The van der Waals surface area contributed by atoms with Crippen LogP contribution >= 0.6 is 24.2 Å². The van der Waals surface area contributed by atoms with Crippen LogP contribution in [0.2, 0.25) is 5.02 Å². The smallest absolute Gasteiger partial charge is 0.318 e. The Morgan fingerprint density at radius 1 is 1.47 bits per heavy atom. The van der Waals surface area contributed by atoms with Gasteiger partial charge in [-0.15, -0.1) is 0 Å². The number of carbonyl (C=O) groups is 1. The quantitative estimate of drug-likeness (QED) is 0.519. The molecule has 0 radical (unpaired) electrons. The molecule has 1 aromatic heterocycles. The summed E-state index contributed by atoms with van der Waals surface area (Å²) >= 11 is 10.8. The Bertz CT molecular complexity index is 884. The maximum atomic E-state index is 12.7. The van der Waals surface area contributed by atoms with E-state index in [4.69, 9.17) is 29.0 Å². The number of carbonyl (C=O) groups excluding carboxylic acids is 1. The van der Waals surface area contributed by atoms with Gasteiger partial charge in [-0.1, -0.05) is 23.7 Å². The van der Waals surface area contributed by atoms with E-state index in [9.17, 15) is 4.79 Å². The zero-order valence-electron chi connectivity index (χ0n) is 17.5. The van der Waals surface area contributed by atoms with E-state index in [1.54, 1.807) is 31.3 Å². The fourth-order valence-corrected chi connectivity index (χ4v) is 4.05. The summed E-state index contributed by atoms with van der Waals surface area (Å²) in [5.74, 6) is 1.38. The molecule has 7 nitrogen and oxygen atoms in total. The van der Waals surface area contributed by atoms with Crippen LogP contribution in [0.1, 0.15) is 24.0 Å². The highest BCUT2D eigenvalue weighted by molar-refractivity contribution is 7.80. The number of nitrogens with zero attached hydrogens (tertiary/aromatic N) is 4. The summed E-state index contributed by atoms with van der Waals surface area (Å²) in [5.41, 5.74) is 2.00. The van der Waals surface area contributed by atoms with Crippen LogP contribution in [-0.2, 0) is 6.54 Å². The fourth-order valence-electron chi connectivity index (χ4n) is 3.59. The van der Waals surface area contributed by atoms with Crippen molar-refractivity contribution >= 4 is 36.2 Å². The fraction of sp³-hybridized carbons (Fsp3) is 0.476. The summed E-state index contributed by atoms with van der Waals surface area (Å²) in [6.07, 6.45) is 3.67. The molecular weight excluding hydrogens is 422 g/mol. The lowest BCUT2D eigenvalue weighted by Gasteiger charge is -2.38. The Balaban J connectivity index is 1.57. The minimum atomic E-state index is -0.217. The predicted molar refractivity (Wildman–Crippen MR) is 122 cm³/mol. The van der Waals surface area contributed by atoms with Gasteiger partial charge >= 0.3 is 6.03 Å². The Labute approximate surface area is 188 Å². The first-order valence-electron chi connectivity index (χ1n) is 9.94. The number of benzene rings is 1. The number of thiol groups is 1. The summed E-state index contributed by atoms with van der Waals surface area (Å²) in [4.78, 5) is 25.3. The van der Waals surface area contributed by atoms with Gasteiger partial charge in [-0.05, 0) is 37.0 Å². The van der Waals surface area contributed by atoms with Gasteiger partial charge in [0.1, 0.15) is 0 Å². The number of urea groups is 1. The molecule has 2 aromatic rings. The number of hydrogen-bond acceptors (Lipinski definition) is 6. The zero-order valence-corrected chi connectivity index (χ0v) is 19.2. The molecule has 0 aliphatic carbocycles. The van der Waals surface area contributed by atoms with Crippen molar-refractivity contribution in [3.8, 4) is 5.88 Å². The number of nitrogens with one attached hydrogen (secondary N) is 1. The molecule has 2 amide bonds. The molecular formula is C21H28ClN5O2S. The van der Waals surface area contributed by atoms with E-state index in [2.05, 4.69) is 20.2 Å². The van der Waals surface area contributed by atoms with Crippen molar-refractivity contribution in [1.82, 2.24) is 20.2 Å². The third-order valence-electron chi connectivity index (χ3n) is 5.37. The lowest BCUT2D eigenvalue weighted by molar-refractivity contribution is 0.188. The van der Waals surface area contributed by atoms with Crippen LogP contribution in [0.25, 0.3) is 0 Å². The van der Waals surface area contributed by atoms with Crippen LogP contribution in [0.3, 0.4) is 0 Å². The van der Waals surface area contributed by atoms with E-state index >= 15 is 0 Å². The number of hydrogen-bond donors (Lipinski definition) is 2. The molecule has 2 unspecified atom stereocenters. The number of aromatic nitrogens is 2. The molecule has 2 heterocycles. The number of ether oxygens (including phenoxy) is 1. The third-order valence-corrected chi connectivity index (χ3v) is 6.56. The van der Waals surface area contributed by atoms with Gasteiger partial charge in [-0.25, -0.2) is 9.78 Å². The first-order valence-corrected chi connectivity index (χ1v) is 10.8. The molecule has 0 saturated carbocycles. The average molecular weight is 450 g/mol. The molecule has 0 bridgehead atoms. The van der Waals surface area contributed by atoms with Gasteiger partial charge in [0.15, 0.2) is 0 Å². The van der Waals surface area contributed by atoms with Crippen LogP contribution < -0.4 is 15.0 Å². The maximum Gasteiger partial charge on any atom is 0.318 e. The highest BCUT2D eigenvalue weighted by atomic mass is 35.5. The minimum Gasteiger partial charge on any atom is -0.481 e. The van der Waals surface area contributed by atoms with Crippen molar-refractivity contribution < 1.29 is 9.53 Å². The SMILES string of the molecule is COc1ccnc(N2CCCC(C(S)N(C)C(=O)NCc3ccc(Cl)c(C)c3)C2)n1. The van der Waals surface area contributed by atoms with Gasteiger partial charge in [0.2, 0.25) is 11.8 Å². The van der Waals surface area contributed by atoms with Crippen molar-refractivity contribution in [2.45, 2.75) is 31.7 Å². The van der Waals surface area contributed by atoms with E-state index in [1.165, 1.54) is 0 Å². The van der Waals surface area contributed by atoms with E-state index in [0.717, 1.165) is 42.1 Å². The van der Waals surface area contributed by atoms with Gasteiger partial charge in [0, 0.05) is 49.9 Å². The van der Waals surface area contributed by atoms with Crippen molar-refractivity contribution in [2.75, 3.05) is 32.1 Å². The molecule has 30 heavy (non-hydrogen) atoms. The molecule has 1 saturated heterocycles. The van der Waals surface area contributed by atoms with Crippen LogP contribution in [0.5, 0.6) is 5.88 Å². The Morgan fingerprint density at radius 2 is 2.27 bits per heavy atom. The number of halogens is 1. The molecule has 9 heteroatoms. The van der Waals surface area contributed by atoms with Crippen LogP contribution in [0.15, 0.2) is 30.5 Å². The Morgan fingerprint density at radius 3 is 3.00 bits per heavy atom. The molecule has 1 fully saturated rings.